The molecule has 0 saturated carbocycles. The van der Waals surface area contributed by atoms with E-state index in [-0.39, 0.29) is 18.0 Å². The molecule has 112 valence electrons. The third kappa shape index (κ3) is 3.12. The Kier molecular flexibility index (Phi) is 4.64. The molecule has 20 heavy (non-hydrogen) atoms. The van der Waals surface area contributed by atoms with Crippen LogP contribution in [0.1, 0.15) is 5.56 Å². The van der Waals surface area contributed by atoms with Crippen molar-refractivity contribution in [2.24, 2.45) is 0 Å². The van der Waals surface area contributed by atoms with E-state index in [9.17, 15) is 8.42 Å². The molecule has 1 heterocycles. The lowest BCUT2D eigenvalue weighted by Crippen LogP contribution is -2.31. The van der Waals surface area contributed by atoms with Gasteiger partial charge >= 0.3 is 0 Å². The number of nitrogen functional groups attached to an aromatic ring is 1. The van der Waals surface area contributed by atoms with Gasteiger partial charge in [-0.2, -0.15) is 4.31 Å². The molecule has 2 N–H and O–H groups in total. The van der Waals surface area contributed by atoms with Gasteiger partial charge in [0.25, 0.3) is 0 Å². The number of hydrogen-bond donors (Lipinski definition) is 1. The van der Waals surface area contributed by atoms with Gasteiger partial charge in [-0.1, -0.05) is 18.2 Å². The fourth-order valence-electron chi connectivity index (χ4n) is 2.34. The van der Waals surface area contributed by atoms with Crippen LogP contribution in [0.5, 0.6) is 0 Å². The van der Waals surface area contributed by atoms with Crippen molar-refractivity contribution in [3.8, 4) is 0 Å². The fraction of sp³-hybridized carbons (Fsp3) is 0.538. The first-order valence-corrected chi connectivity index (χ1v) is 7.95. The average Bonchev–Trinajstić information content (AvgIpc) is 2.85. The molecule has 0 spiro atoms. The van der Waals surface area contributed by atoms with E-state index in [1.165, 1.54) is 4.31 Å². The summed E-state index contributed by atoms with van der Waals surface area (Å²) in [7, 11) is -0.313. The minimum Gasteiger partial charge on any atom is -0.398 e. The molecule has 1 aliphatic rings. The number of para-hydroxylation sites is 1. The van der Waals surface area contributed by atoms with Crippen molar-refractivity contribution in [2.45, 2.75) is 18.0 Å². The first kappa shape index (κ1) is 15.2. The van der Waals surface area contributed by atoms with Crippen LogP contribution in [0.4, 0.5) is 5.69 Å². The second-order valence-corrected chi connectivity index (χ2v) is 6.79. The Morgan fingerprint density at radius 2 is 1.75 bits per heavy atom. The highest BCUT2D eigenvalue weighted by Gasteiger charge is 2.39. The third-order valence-electron chi connectivity index (χ3n) is 3.57. The zero-order chi connectivity index (χ0) is 14.8. The molecular weight excluding hydrogens is 280 g/mol. The Labute approximate surface area is 119 Å². The number of nitrogens with two attached hydrogens (primary N) is 1. The maximum absolute atomic E-state index is 12.4. The topological polar surface area (TPSA) is 81.9 Å². The van der Waals surface area contributed by atoms with E-state index in [1.54, 1.807) is 38.5 Å². The van der Waals surface area contributed by atoms with Gasteiger partial charge in [-0.05, 0) is 11.6 Å². The molecule has 2 rings (SSSR count). The van der Waals surface area contributed by atoms with Crippen LogP contribution in [0.25, 0.3) is 0 Å². The number of sulfonamides is 1. The van der Waals surface area contributed by atoms with Crippen LogP contribution < -0.4 is 5.73 Å². The molecule has 0 aromatic heterocycles. The van der Waals surface area contributed by atoms with Crippen LogP contribution in [0.2, 0.25) is 0 Å². The van der Waals surface area contributed by atoms with E-state index in [0.29, 0.717) is 24.3 Å². The molecule has 2 atom stereocenters. The van der Waals surface area contributed by atoms with Gasteiger partial charge in [0.05, 0.1) is 18.0 Å². The smallest absolute Gasteiger partial charge is 0.218 e. The van der Waals surface area contributed by atoms with Crippen LogP contribution in [0.3, 0.4) is 0 Å². The highest BCUT2D eigenvalue weighted by Crippen LogP contribution is 2.23. The zero-order valence-corrected chi connectivity index (χ0v) is 12.5. The summed E-state index contributed by atoms with van der Waals surface area (Å²) in [4.78, 5) is 0. The summed E-state index contributed by atoms with van der Waals surface area (Å²) in [6.45, 7) is 0.619. The minimum atomic E-state index is -3.43. The number of nitrogens with zero attached hydrogens (tertiary/aromatic N) is 1. The van der Waals surface area contributed by atoms with Gasteiger partial charge < -0.3 is 15.2 Å². The average molecular weight is 300 g/mol. The van der Waals surface area contributed by atoms with E-state index >= 15 is 0 Å². The Bertz CT molecular complexity index is 549. The van der Waals surface area contributed by atoms with Crippen molar-refractivity contribution < 1.29 is 17.9 Å². The lowest BCUT2D eigenvalue weighted by Gasteiger charge is -2.16. The summed E-state index contributed by atoms with van der Waals surface area (Å²) in [6, 6.07) is 6.99. The normalized spacial score (nSPS) is 24.1. The first-order valence-electron chi connectivity index (χ1n) is 6.34. The Hall–Kier alpha value is -1.15. The van der Waals surface area contributed by atoms with Crippen molar-refractivity contribution in [3.05, 3.63) is 29.8 Å². The van der Waals surface area contributed by atoms with E-state index in [0.717, 1.165) is 0 Å². The number of benzene rings is 1. The summed E-state index contributed by atoms with van der Waals surface area (Å²) in [5.41, 5.74) is 6.90. The van der Waals surface area contributed by atoms with Crippen molar-refractivity contribution >= 4 is 15.7 Å². The SMILES string of the molecule is COC1CN(S(=O)(=O)Cc2ccccc2N)CC1OC. The van der Waals surface area contributed by atoms with Gasteiger partial charge in [0, 0.05) is 33.0 Å². The molecule has 0 bridgehead atoms. The molecule has 2 unspecified atom stereocenters. The van der Waals surface area contributed by atoms with Gasteiger partial charge in [0.1, 0.15) is 0 Å². The third-order valence-corrected chi connectivity index (χ3v) is 5.33. The maximum atomic E-state index is 12.4. The van der Waals surface area contributed by atoms with Crippen LogP contribution in [-0.2, 0) is 25.2 Å². The van der Waals surface area contributed by atoms with Gasteiger partial charge in [-0.25, -0.2) is 8.42 Å². The summed E-state index contributed by atoms with van der Waals surface area (Å²) >= 11 is 0. The summed E-state index contributed by atoms with van der Waals surface area (Å²) in [5.74, 6) is -0.105. The number of methoxy groups -OCH3 is 2. The fourth-order valence-corrected chi connectivity index (χ4v) is 3.93. The van der Waals surface area contributed by atoms with Gasteiger partial charge in [-0.3, -0.25) is 0 Å². The second-order valence-electron chi connectivity index (χ2n) is 4.82. The van der Waals surface area contributed by atoms with Gasteiger partial charge in [0.2, 0.25) is 10.0 Å². The first-order chi connectivity index (χ1) is 9.47. The molecule has 7 heteroatoms. The molecular formula is C13H20N2O4S. The van der Waals surface area contributed by atoms with E-state index < -0.39 is 10.0 Å². The second kappa shape index (κ2) is 6.09. The molecule has 1 aliphatic heterocycles. The predicted octanol–water partition coefficient (Wildman–Crippen LogP) is 0.444. The van der Waals surface area contributed by atoms with Gasteiger partial charge in [-0.15, -0.1) is 0 Å². The Morgan fingerprint density at radius 1 is 1.20 bits per heavy atom. The Balaban J connectivity index is 2.14. The zero-order valence-electron chi connectivity index (χ0n) is 11.7. The number of rotatable bonds is 5. The van der Waals surface area contributed by atoms with Crippen molar-refractivity contribution in [2.75, 3.05) is 33.0 Å². The summed E-state index contributed by atoms with van der Waals surface area (Å²) < 4.78 is 36.8. The lowest BCUT2D eigenvalue weighted by atomic mass is 10.2. The van der Waals surface area contributed by atoms with Crippen molar-refractivity contribution in [1.29, 1.82) is 0 Å². The molecule has 1 aromatic rings. The predicted molar refractivity (Wildman–Crippen MR) is 76.6 cm³/mol. The highest BCUT2D eigenvalue weighted by molar-refractivity contribution is 7.88. The molecule has 1 fully saturated rings. The summed E-state index contributed by atoms with van der Waals surface area (Å²) in [6.07, 6.45) is -0.467. The quantitative estimate of drug-likeness (QED) is 0.798. The summed E-state index contributed by atoms with van der Waals surface area (Å²) in [5, 5.41) is 0. The van der Waals surface area contributed by atoms with Crippen molar-refractivity contribution in [3.63, 3.8) is 0 Å². The Morgan fingerprint density at radius 3 is 2.25 bits per heavy atom. The number of ether oxygens (including phenoxy) is 2. The standard InChI is InChI=1S/C13H20N2O4S/c1-18-12-7-15(8-13(12)19-2)20(16,17)9-10-5-3-4-6-11(10)14/h3-6,12-13H,7-9,14H2,1-2H3. The largest absolute Gasteiger partial charge is 0.398 e. The van der Waals surface area contributed by atoms with Gasteiger partial charge in [0.15, 0.2) is 0 Å². The minimum absolute atomic E-state index is 0.105. The van der Waals surface area contributed by atoms with E-state index in [1.807, 2.05) is 0 Å². The van der Waals surface area contributed by atoms with E-state index in [4.69, 9.17) is 15.2 Å². The van der Waals surface area contributed by atoms with Crippen LogP contribution in [-0.4, -0.2) is 52.2 Å². The van der Waals surface area contributed by atoms with Crippen LogP contribution in [0, 0.1) is 0 Å². The molecule has 1 saturated heterocycles. The van der Waals surface area contributed by atoms with E-state index in [2.05, 4.69) is 0 Å². The molecule has 0 radical (unpaired) electrons. The molecule has 6 nitrogen and oxygen atoms in total. The van der Waals surface area contributed by atoms with Crippen LogP contribution in [0.15, 0.2) is 24.3 Å². The molecule has 1 aromatic carbocycles. The monoisotopic (exact) mass is 300 g/mol. The van der Waals surface area contributed by atoms with Crippen LogP contribution >= 0.6 is 0 Å². The lowest BCUT2D eigenvalue weighted by molar-refractivity contribution is -0.00461. The number of anilines is 1. The number of hydrogen-bond acceptors (Lipinski definition) is 5. The maximum Gasteiger partial charge on any atom is 0.218 e. The molecule has 0 amide bonds. The highest BCUT2D eigenvalue weighted by atomic mass is 32.2. The van der Waals surface area contributed by atoms with Crippen molar-refractivity contribution in [1.82, 2.24) is 4.31 Å². The molecule has 0 aliphatic carbocycles.